The zero-order valence-corrected chi connectivity index (χ0v) is 22.6. The normalized spacial score (nSPS) is 26.8. The summed E-state index contributed by atoms with van der Waals surface area (Å²) < 4.78 is 58.4. The SMILES string of the molecule is CO[C@@H]1COCC[C@H]1NCC#Cc1cc2c(N[C@H]3CC[C@H](N4CCOCC4)CC3)cccc2n1CC(F)(F)F. The maximum absolute atomic E-state index is 13.6. The minimum absolute atomic E-state index is 0.0604. The predicted octanol–water partition coefficient (Wildman–Crippen LogP) is 4.00. The van der Waals surface area contributed by atoms with Crippen LogP contribution < -0.4 is 10.6 Å². The van der Waals surface area contributed by atoms with Crippen LogP contribution in [0.1, 0.15) is 37.8 Å². The molecule has 2 atom stereocenters. The standard InChI is InChI=1S/C29H39F3N4O3/c1-37-28-19-39-15-11-26(28)33-12-3-4-23-18-24-25(5-2-6-27(24)36(23)20-29(30,31)32)34-21-7-9-22(10-8-21)35-13-16-38-17-14-35/h2,5-6,18,21-22,26,28,33-34H,7-17,19-20H2,1H3/t21-,22-,26-,28-/m1/s1. The molecule has 0 amide bonds. The van der Waals surface area contributed by atoms with Crippen LogP contribution in [0.5, 0.6) is 0 Å². The Balaban J connectivity index is 1.29. The number of benzene rings is 1. The van der Waals surface area contributed by atoms with Crippen LogP contribution in [0, 0.1) is 11.8 Å². The van der Waals surface area contributed by atoms with Crippen molar-refractivity contribution in [1.82, 2.24) is 14.8 Å². The molecule has 0 radical (unpaired) electrons. The summed E-state index contributed by atoms with van der Waals surface area (Å²) in [6.07, 6.45) is 0.694. The summed E-state index contributed by atoms with van der Waals surface area (Å²) >= 11 is 0. The van der Waals surface area contributed by atoms with Crippen LogP contribution >= 0.6 is 0 Å². The number of nitrogens with zero attached hydrogens (tertiary/aromatic N) is 2. The molecule has 3 fully saturated rings. The van der Waals surface area contributed by atoms with E-state index in [9.17, 15) is 13.2 Å². The third-order valence-electron chi connectivity index (χ3n) is 8.18. The number of fused-ring (bicyclic) bond motifs is 1. The van der Waals surface area contributed by atoms with Gasteiger partial charge in [-0.25, -0.2) is 0 Å². The molecule has 1 aliphatic carbocycles. The first-order chi connectivity index (χ1) is 18.9. The average molecular weight is 549 g/mol. The highest BCUT2D eigenvalue weighted by Crippen LogP contribution is 2.33. The Morgan fingerprint density at radius 2 is 1.85 bits per heavy atom. The fourth-order valence-electron chi connectivity index (χ4n) is 6.11. The number of alkyl halides is 3. The molecule has 10 heteroatoms. The molecule has 1 aromatic carbocycles. The summed E-state index contributed by atoms with van der Waals surface area (Å²) in [6.45, 7) is 4.05. The highest BCUT2D eigenvalue weighted by Gasteiger charge is 2.31. The average Bonchev–Trinajstić information content (AvgIpc) is 3.29. The second kappa shape index (κ2) is 12.9. The highest BCUT2D eigenvalue weighted by molar-refractivity contribution is 5.94. The van der Waals surface area contributed by atoms with Gasteiger partial charge in [-0.3, -0.25) is 4.90 Å². The zero-order valence-electron chi connectivity index (χ0n) is 22.6. The van der Waals surface area contributed by atoms with E-state index in [2.05, 4.69) is 27.4 Å². The van der Waals surface area contributed by atoms with Crippen LogP contribution in [0.15, 0.2) is 24.3 Å². The van der Waals surface area contributed by atoms with Gasteiger partial charge in [-0.05, 0) is 56.2 Å². The van der Waals surface area contributed by atoms with Gasteiger partial charge in [0.25, 0.3) is 0 Å². The fourth-order valence-corrected chi connectivity index (χ4v) is 6.11. The first-order valence-electron chi connectivity index (χ1n) is 14.0. The number of methoxy groups -OCH3 is 1. The number of morpholine rings is 1. The van der Waals surface area contributed by atoms with Gasteiger partial charge in [0.2, 0.25) is 0 Å². The lowest BCUT2D eigenvalue weighted by molar-refractivity contribution is -0.140. The first kappa shape index (κ1) is 28.2. The summed E-state index contributed by atoms with van der Waals surface area (Å²) in [7, 11) is 1.65. The summed E-state index contributed by atoms with van der Waals surface area (Å²) in [5, 5.41) is 7.78. The van der Waals surface area contributed by atoms with Crippen molar-refractivity contribution in [3.63, 3.8) is 0 Å². The largest absolute Gasteiger partial charge is 0.406 e. The van der Waals surface area contributed by atoms with E-state index in [1.54, 1.807) is 19.2 Å². The first-order valence-corrected chi connectivity index (χ1v) is 14.0. The van der Waals surface area contributed by atoms with E-state index in [0.29, 0.717) is 43.1 Å². The Kier molecular flexibility index (Phi) is 9.36. The van der Waals surface area contributed by atoms with Crippen molar-refractivity contribution in [2.75, 3.05) is 58.5 Å². The Morgan fingerprint density at radius 1 is 1.05 bits per heavy atom. The van der Waals surface area contributed by atoms with Gasteiger partial charge in [0.15, 0.2) is 0 Å². The summed E-state index contributed by atoms with van der Waals surface area (Å²) in [4.78, 5) is 2.54. The molecular weight excluding hydrogens is 509 g/mol. The number of hydrogen-bond donors (Lipinski definition) is 2. The molecule has 2 aromatic rings. The minimum atomic E-state index is -4.35. The predicted molar refractivity (Wildman–Crippen MR) is 145 cm³/mol. The monoisotopic (exact) mass is 548 g/mol. The van der Waals surface area contributed by atoms with Crippen molar-refractivity contribution >= 4 is 16.6 Å². The van der Waals surface area contributed by atoms with Gasteiger partial charge in [0, 0.05) is 56.0 Å². The topological polar surface area (TPSA) is 59.9 Å². The smallest absolute Gasteiger partial charge is 0.382 e. The van der Waals surface area contributed by atoms with E-state index in [0.717, 1.165) is 69.5 Å². The lowest BCUT2D eigenvalue weighted by atomic mass is 9.89. The quantitative estimate of drug-likeness (QED) is 0.511. The van der Waals surface area contributed by atoms with E-state index in [1.165, 1.54) is 4.57 Å². The van der Waals surface area contributed by atoms with Gasteiger partial charge in [-0.1, -0.05) is 12.0 Å². The van der Waals surface area contributed by atoms with Crippen molar-refractivity contribution in [3.8, 4) is 11.8 Å². The number of hydrogen-bond acceptors (Lipinski definition) is 6. The van der Waals surface area contributed by atoms with Crippen LogP contribution in [-0.2, 0) is 20.8 Å². The van der Waals surface area contributed by atoms with Crippen molar-refractivity contribution in [1.29, 1.82) is 0 Å². The van der Waals surface area contributed by atoms with E-state index in [4.69, 9.17) is 14.2 Å². The van der Waals surface area contributed by atoms with Gasteiger partial charge in [0.05, 0.1) is 43.7 Å². The van der Waals surface area contributed by atoms with Crippen molar-refractivity contribution in [2.24, 2.45) is 0 Å². The molecule has 3 heterocycles. The van der Waals surface area contributed by atoms with E-state index >= 15 is 0 Å². The van der Waals surface area contributed by atoms with Crippen molar-refractivity contribution < 1.29 is 27.4 Å². The molecular formula is C29H39F3N4O3. The van der Waals surface area contributed by atoms with Gasteiger partial charge in [0.1, 0.15) is 6.54 Å². The van der Waals surface area contributed by atoms with Gasteiger partial charge >= 0.3 is 6.18 Å². The third kappa shape index (κ3) is 7.27. The van der Waals surface area contributed by atoms with E-state index in [-0.39, 0.29) is 12.1 Å². The zero-order chi connectivity index (χ0) is 27.2. The van der Waals surface area contributed by atoms with Crippen LogP contribution in [0.2, 0.25) is 0 Å². The minimum Gasteiger partial charge on any atom is -0.382 e. The number of aromatic nitrogens is 1. The Bertz CT molecular complexity index is 1140. The Hall–Kier alpha value is -2.29. The number of ether oxygens (including phenoxy) is 3. The van der Waals surface area contributed by atoms with Crippen LogP contribution in [0.3, 0.4) is 0 Å². The summed E-state index contributed by atoms with van der Waals surface area (Å²) in [6, 6.07) is 8.32. The number of halogens is 3. The second-order valence-electron chi connectivity index (χ2n) is 10.7. The molecule has 0 spiro atoms. The molecule has 39 heavy (non-hydrogen) atoms. The summed E-state index contributed by atoms with van der Waals surface area (Å²) in [5.74, 6) is 6.04. The maximum atomic E-state index is 13.6. The van der Waals surface area contributed by atoms with Crippen LogP contribution in [-0.4, -0.2) is 93.0 Å². The van der Waals surface area contributed by atoms with E-state index < -0.39 is 12.7 Å². The third-order valence-corrected chi connectivity index (χ3v) is 8.18. The molecule has 214 valence electrons. The van der Waals surface area contributed by atoms with Crippen molar-refractivity contribution in [2.45, 2.75) is 69.1 Å². The molecule has 0 bridgehead atoms. The van der Waals surface area contributed by atoms with Gasteiger partial charge in [-0.2, -0.15) is 13.2 Å². The molecule has 2 N–H and O–H groups in total. The van der Waals surface area contributed by atoms with Gasteiger partial charge < -0.3 is 29.4 Å². The molecule has 1 aromatic heterocycles. The molecule has 0 unspecified atom stereocenters. The lowest BCUT2D eigenvalue weighted by Gasteiger charge is -2.39. The molecule has 7 nitrogen and oxygen atoms in total. The van der Waals surface area contributed by atoms with Crippen molar-refractivity contribution in [3.05, 3.63) is 30.0 Å². The van der Waals surface area contributed by atoms with Crippen LogP contribution in [0.25, 0.3) is 10.9 Å². The second-order valence-corrected chi connectivity index (χ2v) is 10.7. The number of nitrogens with one attached hydrogen (secondary N) is 2. The Morgan fingerprint density at radius 3 is 2.59 bits per heavy atom. The number of rotatable bonds is 7. The molecule has 3 aliphatic rings. The van der Waals surface area contributed by atoms with Gasteiger partial charge in [-0.15, -0.1) is 0 Å². The molecule has 2 aliphatic heterocycles. The van der Waals surface area contributed by atoms with Crippen LogP contribution in [0.4, 0.5) is 18.9 Å². The van der Waals surface area contributed by atoms with E-state index in [1.807, 2.05) is 12.1 Å². The fraction of sp³-hybridized carbons (Fsp3) is 0.655. The number of anilines is 1. The maximum Gasteiger partial charge on any atom is 0.406 e. The molecule has 2 saturated heterocycles. The molecule has 1 saturated carbocycles. The molecule has 5 rings (SSSR count). The lowest BCUT2D eigenvalue weighted by Crippen LogP contribution is -2.47. The Labute approximate surface area is 228 Å². The summed E-state index contributed by atoms with van der Waals surface area (Å²) in [5.41, 5.74) is 1.78. The highest BCUT2D eigenvalue weighted by atomic mass is 19.4.